The Morgan fingerprint density at radius 3 is 2.44 bits per heavy atom. The van der Waals surface area contributed by atoms with E-state index in [1.165, 1.54) is 0 Å². The Bertz CT molecular complexity index is 948. The second-order valence-electron chi connectivity index (χ2n) is 8.69. The Hall–Kier alpha value is -2.89. The van der Waals surface area contributed by atoms with Crippen LogP contribution in [0.5, 0.6) is 17.2 Å². The molecule has 2 N–H and O–H groups in total. The lowest BCUT2D eigenvalue weighted by atomic mass is 9.82. The molecule has 2 aromatic carbocycles. The third kappa shape index (κ3) is 5.06. The number of phenolic OH excluding ortho intramolecular Hbond substituents is 1. The van der Waals surface area contributed by atoms with E-state index in [1.807, 2.05) is 24.3 Å². The highest BCUT2D eigenvalue weighted by atomic mass is 16.5. The zero-order chi connectivity index (χ0) is 19.7. The van der Waals surface area contributed by atoms with E-state index in [1.54, 1.807) is 18.3 Å². The Morgan fingerprint density at radius 2 is 1.70 bits per heavy atom. The number of hydrogen-bond acceptors (Lipinski definition) is 6. The molecule has 0 saturated carbocycles. The highest BCUT2D eigenvalue weighted by molar-refractivity contribution is 5.85. The van der Waals surface area contributed by atoms with Crippen LogP contribution in [0.2, 0.25) is 0 Å². The van der Waals surface area contributed by atoms with Crippen LogP contribution in [0.4, 0.5) is 5.82 Å². The fourth-order valence-corrected chi connectivity index (χ4v) is 3.51. The summed E-state index contributed by atoms with van der Waals surface area (Å²) in [5.74, 6) is 1.99. The molecule has 0 aliphatic rings. The number of rotatable bonds is 5. The average molecular weight is 366 g/mol. The maximum absolute atomic E-state index is 9.60. The smallest absolute Gasteiger partial charge is 0.195 e. The summed E-state index contributed by atoms with van der Waals surface area (Å²) < 4.78 is 6.03. The van der Waals surface area contributed by atoms with Crippen molar-refractivity contribution in [1.82, 2.24) is 15.4 Å². The molecular weight excluding hydrogens is 340 g/mol. The van der Waals surface area contributed by atoms with Crippen LogP contribution < -0.4 is 10.1 Å². The number of benzene rings is 2. The van der Waals surface area contributed by atoms with Crippen molar-refractivity contribution in [3.8, 4) is 17.2 Å². The summed E-state index contributed by atoms with van der Waals surface area (Å²) in [6.07, 6.45) is 2.51. The van der Waals surface area contributed by atoms with E-state index < -0.39 is 0 Å². The number of ether oxygens (including phenoxy) is 1. The highest BCUT2D eigenvalue weighted by Crippen LogP contribution is 2.34. The predicted octanol–water partition coefficient (Wildman–Crippen LogP) is 5.15. The summed E-state index contributed by atoms with van der Waals surface area (Å²) in [5.41, 5.74) is -0.0187. The molecule has 0 aliphatic carbocycles. The molecule has 3 aromatic rings. The third-order valence-corrected chi connectivity index (χ3v) is 4.06. The van der Waals surface area contributed by atoms with Gasteiger partial charge in [-0.15, -0.1) is 10.2 Å². The van der Waals surface area contributed by atoms with Gasteiger partial charge in [0.15, 0.2) is 11.6 Å². The number of nitrogens with one attached hydrogen (secondary N) is 1. The lowest BCUT2D eigenvalue weighted by Crippen LogP contribution is -2.36. The molecule has 27 heavy (non-hydrogen) atoms. The second-order valence-corrected chi connectivity index (χ2v) is 8.69. The summed E-state index contributed by atoms with van der Waals surface area (Å²) in [5, 5.41) is 26.7. The van der Waals surface area contributed by atoms with Gasteiger partial charge in [0.25, 0.3) is 0 Å². The van der Waals surface area contributed by atoms with Gasteiger partial charge in [0.2, 0.25) is 0 Å². The van der Waals surface area contributed by atoms with Gasteiger partial charge >= 0.3 is 0 Å². The summed E-state index contributed by atoms with van der Waals surface area (Å²) in [4.78, 5) is 0. The van der Waals surface area contributed by atoms with E-state index >= 15 is 0 Å². The Kier molecular flexibility index (Phi) is 4.91. The lowest BCUT2D eigenvalue weighted by Gasteiger charge is -2.33. The van der Waals surface area contributed by atoms with Crippen molar-refractivity contribution >= 4 is 16.6 Å². The van der Waals surface area contributed by atoms with Crippen LogP contribution in [0.1, 0.15) is 41.0 Å². The molecule has 1 aromatic heterocycles. The van der Waals surface area contributed by atoms with Crippen LogP contribution in [-0.4, -0.2) is 26.1 Å². The molecule has 0 saturated heterocycles. The summed E-state index contributed by atoms with van der Waals surface area (Å²) in [6, 6.07) is 10.9. The zero-order valence-electron chi connectivity index (χ0n) is 16.4. The molecule has 0 fully saturated rings. The van der Waals surface area contributed by atoms with E-state index in [0.29, 0.717) is 17.3 Å². The Balaban J connectivity index is 1.85. The van der Waals surface area contributed by atoms with Gasteiger partial charge in [-0.1, -0.05) is 32.9 Å². The average Bonchev–Trinajstić information content (AvgIpc) is 2.54. The molecule has 3 rings (SSSR count). The van der Waals surface area contributed by atoms with Crippen LogP contribution >= 0.6 is 0 Å². The van der Waals surface area contributed by atoms with Crippen molar-refractivity contribution in [3.05, 3.63) is 42.6 Å². The summed E-state index contributed by atoms with van der Waals surface area (Å²) >= 11 is 0. The van der Waals surface area contributed by atoms with Crippen molar-refractivity contribution in [3.63, 3.8) is 0 Å². The molecule has 6 nitrogen and oxygen atoms in total. The van der Waals surface area contributed by atoms with Crippen molar-refractivity contribution < 1.29 is 9.84 Å². The number of aromatic hydroxyl groups is 1. The van der Waals surface area contributed by atoms with Gasteiger partial charge in [-0.3, -0.25) is 0 Å². The van der Waals surface area contributed by atoms with Crippen LogP contribution in [0.3, 0.4) is 0 Å². The normalized spacial score (nSPS) is 12.2. The molecule has 0 aliphatic heterocycles. The van der Waals surface area contributed by atoms with Crippen LogP contribution in [-0.2, 0) is 0 Å². The third-order valence-electron chi connectivity index (χ3n) is 4.06. The van der Waals surface area contributed by atoms with Crippen LogP contribution in [0.15, 0.2) is 42.6 Å². The SMILES string of the molecule is CC(C)(C)CC(C)(C)Nc1nnncc1Oc1ccc2cc(O)ccc2c1. The van der Waals surface area contributed by atoms with Gasteiger partial charge in [0.05, 0.1) is 6.20 Å². The predicted molar refractivity (Wildman–Crippen MR) is 107 cm³/mol. The topological polar surface area (TPSA) is 80.2 Å². The first-order valence-corrected chi connectivity index (χ1v) is 8.99. The number of nitrogens with zero attached hydrogens (tertiary/aromatic N) is 3. The Labute approximate surface area is 159 Å². The minimum atomic E-state index is -0.187. The van der Waals surface area contributed by atoms with E-state index in [-0.39, 0.29) is 16.7 Å². The first kappa shape index (κ1) is 18.9. The molecule has 142 valence electrons. The minimum Gasteiger partial charge on any atom is -0.508 e. The first-order valence-electron chi connectivity index (χ1n) is 8.99. The first-order chi connectivity index (χ1) is 12.6. The molecule has 1 heterocycles. The number of hydrogen-bond donors (Lipinski definition) is 2. The quantitative estimate of drug-likeness (QED) is 0.650. The van der Waals surface area contributed by atoms with Crippen molar-refractivity contribution in [2.24, 2.45) is 5.41 Å². The maximum atomic E-state index is 9.60. The highest BCUT2D eigenvalue weighted by Gasteiger charge is 2.27. The monoisotopic (exact) mass is 366 g/mol. The fourth-order valence-electron chi connectivity index (χ4n) is 3.51. The van der Waals surface area contributed by atoms with Gasteiger partial charge in [-0.05, 0) is 65.9 Å². The molecule has 6 heteroatoms. The van der Waals surface area contributed by atoms with Gasteiger partial charge < -0.3 is 15.2 Å². The molecule has 0 bridgehead atoms. The second kappa shape index (κ2) is 7.02. The van der Waals surface area contributed by atoms with Gasteiger partial charge in [0, 0.05) is 5.54 Å². The Morgan fingerprint density at radius 1 is 1.00 bits per heavy atom. The largest absolute Gasteiger partial charge is 0.508 e. The summed E-state index contributed by atoms with van der Waals surface area (Å²) in [7, 11) is 0. The standard InChI is InChI=1S/C21H26N4O2/c1-20(2,3)13-21(4,5)23-19-18(12-22-25-24-19)27-17-9-7-14-10-16(26)8-6-15(14)11-17/h6-12,26H,13H2,1-5H3,(H,22,23,24). The van der Waals surface area contributed by atoms with Crippen molar-refractivity contribution in [2.45, 2.75) is 46.6 Å². The van der Waals surface area contributed by atoms with Gasteiger partial charge in [0.1, 0.15) is 11.5 Å². The van der Waals surface area contributed by atoms with Crippen molar-refractivity contribution in [1.29, 1.82) is 0 Å². The zero-order valence-corrected chi connectivity index (χ0v) is 16.4. The fraction of sp³-hybridized carbons (Fsp3) is 0.381. The maximum Gasteiger partial charge on any atom is 0.195 e. The number of fused-ring (bicyclic) bond motifs is 1. The van der Waals surface area contributed by atoms with Crippen molar-refractivity contribution in [2.75, 3.05) is 5.32 Å². The lowest BCUT2D eigenvalue weighted by molar-refractivity contribution is 0.301. The van der Waals surface area contributed by atoms with Crippen LogP contribution in [0, 0.1) is 5.41 Å². The van der Waals surface area contributed by atoms with E-state index in [0.717, 1.165) is 17.2 Å². The van der Waals surface area contributed by atoms with Gasteiger partial charge in [-0.25, -0.2) is 0 Å². The molecule has 0 radical (unpaired) electrons. The van der Waals surface area contributed by atoms with Crippen LogP contribution in [0.25, 0.3) is 10.8 Å². The van der Waals surface area contributed by atoms with E-state index in [4.69, 9.17) is 4.74 Å². The number of anilines is 1. The van der Waals surface area contributed by atoms with Gasteiger partial charge in [-0.2, -0.15) is 0 Å². The van der Waals surface area contributed by atoms with E-state index in [2.05, 4.69) is 55.3 Å². The minimum absolute atomic E-state index is 0.169. The summed E-state index contributed by atoms with van der Waals surface area (Å²) in [6.45, 7) is 10.9. The molecular formula is C21H26N4O2. The molecule has 0 atom stereocenters. The molecule has 0 spiro atoms. The molecule has 0 amide bonds. The molecule has 0 unspecified atom stereocenters. The number of phenols is 1. The number of aromatic nitrogens is 3. The van der Waals surface area contributed by atoms with E-state index in [9.17, 15) is 5.11 Å².